The number of benzene rings is 1. The molecule has 0 atom stereocenters. The number of nitrogens with zero attached hydrogens (tertiary/aromatic N) is 2. The van der Waals surface area contributed by atoms with Gasteiger partial charge in [0.15, 0.2) is 0 Å². The van der Waals surface area contributed by atoms with Crippen LogP contribution in [0.5, 0.6) is 0 Å². The summed E-state index contributed by atoms with van der Waals surface area (Å²) in [5.74, 6) is -0.380. The van der Waals surface area contributed by atoms with Gasteiger partial charge in [-0.3, -0.25) is 0 Å². The number of ether oxygens (including phenoxy) is 1. The van der Waals surface area contributed by atoms with Crippen LogP contribution in [0.2, 0.25) is 0 Å². The van der Waals surface area contributed by atoms with E-state index in [2.05, 4.69) is 4.98 Å². The van der Waals surface area contributed by atoms with Crippen molar-refractivity contribution >= 4 is 25.2 Å². The van der Waals surface area contributed by atoms with Crippen LogP contribution in [0.15, 0.2) is 24.3 Å². The van der Waals surface area contributed by atoms with Crippen molar-refractivity contribution in [2.75, 3.05) is 31.7 Å². The summed E-state index contributed by atoms with van der Waals surface area (Å²) >= 11 is -0.0852. The number of carbonyl (C=O) groups excluding carboxylic acids is 1. The molecule has 2 rings (SSSR count). The summed E-state index contributed by atoms with van der Waals surface area (Å²) in [6.07, 6.45) is 0. The molecule has 1 heterocycles. The first-order valence-corrected chi connectivity index (χ1v) is 8.85. The molecule has 0 spiro atoms. The number of hydrogen-bond acceptors (Lipinski definition) is 5. The van der Waals surface area contributed by atoms with Crippen molar-refractivity contribution in [3.8, 4) is 10.0 Å². The van der Waals surface area contributed by atoms with E-state index < -0.39 is 0 Å². The monoisotopic (exact) mass is 368 g/mol. The van der Waals surface area contributed by atoms with E-state index in [0.717, 1.165) is 20.3 Å². The van der Waals surface area contributed by atoms with Crippen LogP contribution in [0.1, 0.15) is 23.0 Å². The molecule has 0 saturated heterocycles. The second kappa shape index (κ2) is 7.58. The molecule has 0 aliphatic heterocycles. The molecule has 0 saturated carbocycles. The summed E-state index contributed by atoms with van der Waals surface area (Å²) in [6.45, 7) is 4.69. The summed E-state index contributed by atoms with van der Waals surface area (Å²) < 4.78 is 6.93. The molecule has 1 aromatic heterocycles. The predicted molar refractivity (Wildman–Crippen MR) is 87.7 cm³/mol. The van der Waals surface area contributed by atoms with Crippen molar-refractivity contribution in [1.29, 1.82) is 0 Å². The van der Waals surface area contributed by atoms with Crippen LogP contribution >= 0.6 is 0 Å². The zero-order chi connectivity index (χ0) is 16.1. The van der Waals surface area contributed by atoms with Crippen LogP contribution in [0.3, 0.4) is 0 Å². The number of likely N-dealkylation sites (N-methyl/N-ethyl adjacent to an activating group) is 1. The molecule has 0 radical (unpaired) electrons. The van der Waals surface area contributed by atoms with E-state index >= 15 is 0 Å². The summed E-state index contributed by atoms with van der Waals surface area (Å²) in [6, 6.07) is 7.97. The molecule has 0 amide bonds. The maximum atomic E-state index is 12.2. The fourth-order valence-corrected chi connectivity index (χ4v) is 4.44. The molecular formula is C16H20N2O3Se. The second-order valence-electron chi connectivity index (χ2n) is 4.85. The summed E-state index contributed by atoms with van der Waals surface area (Å²) in [5.41, 5.74) is 2.56. The fourth-order valence-electron chi connectivity index (χ4n) is 2.07. The van der Waals surface area contributed by atoms with Crippen molar-refractivity contribution in [3.05, 3.63) is 35.5 Å². The van der Waals surface area contributed by atoms with Crippen molar-refractivity contribution in [1.82, 2.24) is 4.98 Å². The minimum absolute atomic E-state index is 0.0556. The Hall–Kier alpha value is -1.62. The van der Waals surface area contributed by atoms with E-state index in [-0.39, 0.29) is 27.1 Å². The first-order chi connectivity index (χ1) is 10.6. The van der Waals surface area contributed by atoms with Gasteiger partial charge in [0.05, 0.1) is 0 Å². The van der Waals surface area contributed by atoms with Crippen LogP contribution in [-0.2, 0) is 4.74 Å². The Labute approximate surface area is 136 Å². The normalized spacial score (nSPS) is 10.5. The quantitative estimate of drug-likeness (QED) is 0.622. The Morgan fingerprint density at radius 3 is 2.77 bits per heavy atom. The number of anilines is 1. The van der Waals surface area contributed by atoms with E-state index in [0.29, 0.717) is 18.8 Å². The van der Waals surface area contributed by atoms with Crippen LogP contribution < -0.4 is 4.90 Å². The Morgan fingerprint density at radius 1 is 1.41 bits per heavy atom. The fraction of sp³-hybridized carbons (Fsp3) is 0.375. The average molecular weight is 367 g/mol. The number of rotatable bonds is 6. The van der Waals surface area contributed by atoms with E-state index in [1.54, 1.807) is 6.92 Å². The molecule has 0 bridgehead atoms. The van der Waals surface area contributed by atoms with Gasteiger partial charge in [-0.15, -0.1) is 0 Å². The zero-order valence-corrected chi connectivity index (χ0v) is 14.7. The van der Waals surface area contributed by atoms with Gasteiger partial charge in [0.1, 0.15) is 0 Å². The van der Waals surface area contributed by atoms with Crippen molar-refractivity contribution in [2.45, 2.75) is 13.8 Å². The first kappa shape index (κ1) is 16.7. The number of aliphatic hydroxyl groups excluding tert-OH is 1. The van der Waals surface area contributed by atoms with E-state index in [4.69, 9.17) is 9.84 Å². The molecule has 22 heavy (non-hydrogen) atoms. The van der Waals surface area contributed by atoms with Gasteiger partial charge in [0.25, 0.3) is 0 Å². The molecule has 1 N–H and O–H groups in total. The molecule has 6 heteroatoms. The molecular weight excluding hydrogens is 347 g/mol. The first-order valence-electron chi connectivity index (χ1n) is 7.14. The molecule has 0 fully saturated rings. The standard InChI is InChI=1S/C16H20N2O3Se/c1-4-21-15(20)13-14(12-8-6-5-7-11(12)2)22-16(17-13)18(3)9-10-19/h5-8,19H,4,9-10H2,1-3H3. The van der Waals surface area contributed by atoms with Crippen molar-refractivity contribution < 1.29 is 14.6 Å². The Morgan fingerprint density at radius 2 is 2.14 bits per heavy atom. The van der Waals surface area contributed by atoms with Crippen LogP contribution in [0.25, 0.3) is 10.0 Å². The SMILES string of the molecule is CCOC(=O)c1nc(N(C)CCO)[se]c1-c1ccccc1C. The Kier molecular flexibility index (Phi) is 5.77. The van der Waals surface area contributed by atoms with E-state index in [9.17, 15) is 4.79 Å². The number of aryl methyl sites for hydroxylation is 1. The predicted octanol–water partition coefficient (Wildman–Crippen LogP) is 1.72. The average Bonchev–Trinajstić information content (AvgIpc) is 2.93. The van der Waals surface area contributed by atoms with Gasteiger partial charge in [-0.1, -0.05) is 0 Å². The third-order valence-corrected chi connectivity index (χ3v) is 5.76. The molecule has 118 valence electrons. The second-order valence-corrected chi connectivity index (χ2v) is 6.91. The maximum absolute atomic E-state index is 12.2. The van der Waals surface area contributed by atoms with Crippen molar-refractivity contribution in [3.63, 3.8) is 0 Å². The van der Waals surface area contributed by atoms with Gasteiger partial charge in [-0.05, 0) is 0 Å². The molecule has 0 aliphatic carbocycles. The van der Waals surface area contributed by atoms with E-state index in [1.807, 2.05) is 43.1 Å². The van der Waals surface area contributed by atoms with Gasteiger partial charge < -0.3 is 0 Å². The molecule has 1 aromatic carbocycles. The topological polar surface area (TPSA) is 62.7 Å². The summed E-state index contributed by atoms with van der Waals surface area (Å²) in [5, 5.41) is 9.09. The minimum atomic E-state index is -0.380. The number of aromatic nitrogens is 1. The number of hydrogen-bond donors (Lipinski definition) is 1. The van der Waals surface area contributed by atoms with Crippen LogP contribution in [-0.4, -0.2) is 57.4 Å². The molecule has 0 unspecified atom stereocenters. The zero-order valence-electron chi connectivity index (χ0n) is 13.0. The van der Waals surface area contributed by atoms with Gasteiger partial charge in [-0.2, -0.15) is 0 Å². The molecule has 5 nitrogen and oxygen atoms in total. The molecule has 0 aliphatic rings. The Bertz CT molecular complexity index is 655. The summed E-state index contributed by atoms with van der Waals surface area (Å²) in [7, 11) is 1.88. The van der Waals surface area contributed by atoms with Gasteiger partial charge in [-0.25, -0.2) is 0 Å². The van der Waals surface area contributed by atoms with Crippen LogP contribution in [0.4, 0.5) is 4.69 Å². The van der Waals surface area contributed by atoms with Crippen molar-refractivity contribution in [2.24, 2.45) is 0 Å². The van der Waals surface area contributed by atoms with Gasteiger partial charge in [0, 0.05) is 0 Å². The summed E-state index contributed by atoms with van der Waals surface area (Å²) in [4.78, 5) is 18.6. The number of aliphatic hydroxyl groups is 1. The van der Waals surface area contributed by atoms with Crippen LogP contribution in [0, 0.1) is 6.92 Å². The number of esters is 1. The van der Waals surface area contributed by atoms with Gasteiger partial charge in [0.2, 0.25) is 0 Å². The van der Waals surface area contributed by atoms with Gasteiger partial charge >= 0.3 is 136 Å². The molecule has 2 aromatic rings. The third kappa shape index (κ3) is 3.58. The number of carbonyl (C=O) groups is 1. The Balaban J connectivity index is 2.50. The third-order valence-electron chi connectivity index (χ3n) is 3.24. The van der Waals surface area contributed by atoms with E-state index in [1.165, 1.54) is 0 Å².